The Morgan fingerprint density at radius 1 is 1.64 bits per heavy atom. The van der Waals surface area contributed by atoms with Crippen LogP contribution in [0.2, 0.25) is 0 Å². The van der Waals surface area contributed by atoms with Crippen LogP contribution in [0.4, 0.5) is 0 Å². The minimum Gasteiger partial charge on any atom is -0.479 e. The Labute approximate surface area is 80.6 Å². The average Bonchev–Trinajstić information content (AvgIpc) is 2.45. The van der Waals surface area contributed by atoms with Gasteiger partial charge in [0.2, 0.25) is 0 Å². The van der Waals surface area contributed by atoms with E-state index in [0.717, 1.165) is 19.3 Å². The molecular weight excluding hydrogens is 186 g/mol. The second kappa shape index (κ2) is 3.32. The van der Waals surface area contributed by atoms with Crippen molar-refractivity contribution in [1.29, 1.82) is 0 Å². The summed E-state index contributed by atoms with van der Waals surface area (Å²) in [5, 5.41) is 12.4. The van der Waals surface area contributed by atoms with Gasteiger partial charge in [-0.1, -0.05) is 6.42 Å². The van der Waals surface area contributed by atoms with Gasteiger partial charge in [0.15, 0.2) is 0 Å². The number of aromatic nitrogens is 1. The van der Waals surface area contributed by atoms with Crippen LogP contribution in [0.3, 0.4) is 0 Å². The molecule has 5 heteroatoms. The van der Waals surface area contributed by atoms with Crippen molar-refractivity contribution in [3.63, 3.8) is 0 Å². The molecule has 1 heterocycles. The third kappa shape index (κ3) is 1.25. The molecule has 1 aromatic rings. The summed E-state index contributed by atoms with van der Waals surface area (Å²) in [5.41, 5.74) is 0.617. The van der Waals surface area contributed by atoms with Crippen molar-refractivity contribution in [2.75, 3.05) is 7.11 Å². The van der Waals surface area contributed by atoms with Crippen LogP contribution in [0, 0.1) is 0 Å². The quantitative estimate of drug-likeness (QED) is 0.797. The number of ether oxygens (including phenoxy) is 1. The van der Waals surface area contributed by atoms with Gasteiger partial charge in [0.1, 0.15) is 0 Å². The Balaban J connectivity index is 2.40. The number of carboxylic acids is 1. The van der Waals surface area contributed by atoms with Crippen molar-refractivity contribution in [1.82, 2.24) is 5.16 Å². The summed E-state index contributed by atoms with van der Waals surface area (Å²) < 4.78 is 9.70. The molecule has 0 aromatic carbocycles. The predicted molar refractivity (Wildman–Crippen MR) is 46.6 cm³/mol. The Morgan fingerprint density at radius 3 is 2.79 bits per heavy atom. The molecular formula is C9H11NO4. The molecule has 0 bridgehead atoms. The lowest BCUT2D eigenvalue weighted by Gasteiger charge is -2.24. The van der Waals surface area contributed by atoms with Crippen LogP contribution < -0.4 is 4.74 Å². The van der Waals surface area contributed by atoms with Gasteiger partial charge < -0.3 is 14.4 Å². The molecule has 1 saturated carbocycles. The highest BCUT2D eigenvalue weighted by Gasteiger charge is 2.32. The molecule has 1 aliphatic rings. The van der Waals surface area contributed by atoms with E-state index in [2.05, 4.69) is 5.16 Å². The van der Waals surface area contributed by atoms with E-state index in [1.54, 1.807) is 0 Å². The highest BCUT2D eigenvalue weighted by atomic mass is 16.5. The molecule has 0 aliphatic heterocycles. The maximum Gasteiger partial charge on any atom is 0.375 e. The first kappa shape index (κ1) is 9.05. The van der Waals surface area contributed by atoms with Crippen LogP contribution in [0.25, 0.3) is 0 Å². The number of nitrogens with zero attached hydrogens (tertiary/aromatic N) is 1. The third-order valence-corrected chi connectivity index (χ3v) is 2.60. The maximum absolute atomic E-state index is 10.8. The average molecular weight is 197 g/mol. The van der Waals surface area contributed by atoms with Crippen LogP contribution in [0.15, 0.2) is 4.52 Å². The molecule has 2 rings (SSSR count). The van der Waals surface area contributed by atoms with E-state index in [9.17, 15) is 4.79 Å². The SMILES string of the molecule is COc1noc(C(=O)O)c1C1CCC1. The van der Waals surface area contributed by atoms with E-state index < -0.39 is 5.97 Å². The Kier molecular flexibility index (Phi) is 2.15. The summed E-state index contributed by atoms with van der Waals surface area (Å²) >= 11 is 0. The number of carbonyl (C=O) groups is 1. The van der Waals surface area contributed by atoms with Crippen molar-refractivity contribution < 1.29 is 19.2 Å². The summed E-state index contributed by atoms with van der Waals surface area (Å²) in [5.74, 6) is -0.608. The second-order valence-corrected chi connectivity index (χ2v) is 3.37. The van der Waals surface area contributed by atoms with Gasteiger partial charge in [0.05, 0.1) is 12.7 Å². The monoisotopic (exact) mass is 197 g/mol. The fourth-order valence-electron chi connectivity index (χ4n) is 1.64. The summed E-state index contributed by atoms with van der Waals surface area (Å²) in [6, 6.07) is 0. The number of rotatable bonds is 3. The number of carboxylic acid groups (broad SMARTS) is 1. The number of methoxy groups -OCH3 is 1. The van der Waals surface area contributed by atoms with Crippen molar-refractivity contribution >= 4 is 5.97 Å². The molecule has 0 spiro atoms. The number of aromatic carboxylic acids is 1. The second-order valence-electron chi connectivity index (χ2n) is 3.37. The summed E-state index contributed by atoms with van der Waals surface area (Å²) in [6.07, 6.45) is 3.09. The van der Waals surface area contributed by atoms with Crippen molar-refractivity contribution in [2.24, 2.45) is 0 Å². The van der Waals surface area contributed by atoms with Gasteiger partial charge in [-0.2, -0.15) is 0 Å². The molecule has 0 atom stereocenters. The van der Waals surface area contributed by atoms with E-state index >= 15 is 0 Å². The number of hydrogen-bond donors (Lipinski definition) is 1. The molecule has 0 radical (unpaired) electrons. The zero-order valence-electron chi connectivity index (χ0n) is 7.82. The predicted octanol–water partition coefficient (Wildman–Crippen LogP) is 1.65. The molecule has 1 N–H and O–H groups in total. The van der Waals surface area contributed by atoms with Crippen molar-refractivity contribution in [2.45, 2.75) is 25.2 Å². The summed E-state index contributed by atoms with van der Waals surface area (Å²) in [6.45, 7) is 0. The normalized spacial score (nSPS) is 16.4. The van der Waals surface area contributed by atoms with Crippen LogP contribution in [0.1, 0.15) is 41.3 Å². The van der Waals surface area contributed by atoms with Gasteiger partial charge >= 0.3 is 5.97 Å². The first-order chi connectivity index (χ1) is 6.74. The van der Waals surface area contributed by atoms with Gasteiger partial charge in [-0.05, 0) is 23.9 Å². The lowest BCUT2D eigenvalue weighted by Crippen LogP contribution is -2.12. The third-order valence-electron chi connectivity index (χ3n) is 2.60. The Hall–Kier alpha value is -1.52. The highest BCUT2D eigenvalue weighted by molar-refractivity contribution is 5.87. The smallest absolute Gasteiger partial charge is 0.375 e. The number of hydrogen-bond acceptors (Lipinski definition) is 4. The molecule has 1 aliphatic carbocycles. The Morgan fingerprint density at radius 2 is 2.36 bits per heavy atom. The van der Waals surface area contributed by atoms with Crippen LogP contribution >= 0.6 is 0 Å². The molecule has 1 aromatic heterocycles. The molecule has 1 fully saturated rings. The van der Waals surface area contributed by atoms with Gasteiger partial charge in [-0.3, -0.25) is 0 Å². The van der Waals surface area contributed by atoms with E-state index in [1.165, 1.54) is 7.11 Å². The summed E-state index contributed by atoms with van der Waals surface area (Å²) in [7, 11) is 1.46. The molecule has 0 unspecified atom stereocenters. The van der Waals surface area contributed by atoms with Crippen molar-refractivity contribution in [3.8, 4) is 5.88 Å². The summed E-state index contributed by atoms with van der Waals surface area (Å²) in [4.78, 5) is 10.8. The zero-order valence-corrected chi connectivity index (χ0v) is 7.82. The lowest BCUT2D eigenvalue weighted by atomic mass is 9.80. The minimum atomic E-state index is -1.08. The first-order valence-electron chi connectivity index (χ1n) is 4.51. The van der Waals surface area contributed by atoms with E-state index in [4.69, 9.17) is 14.4 Å². The van der Waals surface area contributed by atoms with Gasteiger partial charge in [0.25, 0.3) is 11.6 Å². The van der Waals surface area contributed by atoms with Gasteiger partial charge in [0, 0.05) is 0 Å². The van der Waals surface area contributed by atoms with Gasteiger partial charge in [-0.15, -0.1) is 0 Å². The molecule has 0 amide bonds. The van der Waals surface area contributed by atoms with Crippen LogP contribution in [0.5, 0.6) is 5.88 Å². The van der Waals surface area contributed by atoms with E-state index in [0.29, 0.717) is 11.4 Å². The minimum absolute atomic E-state index is 0.0773. The fourth-order valence-corrected chi connectivity index (χ4v) is 1.64. The molecule has 14 heavy (non-hydrogen) atoms. The lowest BCUT2D eigenvalue weighted by molar-refractivity contribution is 0.0648. The molecule has 76 valence electrons. The standard InChI is InChI=1S/C9H11NO4/c1-13-8-6(5-3-2-4-5)7(9(11)12)14-10-8/h5H,2-4H2,1H3,(H,11,12). The van der Waals surface area contributed by atoms with Crippen LogP contribution in [-0.4, -0.2) is 23.3 Å². The topological polar surface area (TPSA) is 72.6 Å². The van der Waals surface area contributed by atoms with E-state index in [1.807, 2.05) is 0 Å². The highest BCUT2D eigenvalue weighted by Crippen LogP contribution is 2.42. The largest absolute Gasteiger partial charge is 0.479 e. The molecule has 5 nitrogen and oxygen atoms in total. The zero-order chi connectivity index (χ0) is 10.1. The maximum atomic E-state index is 10.8. The first-order valence-corrected chi connectivity index (χ1v) is 4.51. The Bertz CT molecular complexity index is 354. The molecule has 0 saturated heterocycles. The van der Waals surface area contributed by atoms with Gasteiger partial charge in [-0.25, -0.2) is 4.79 Å². The van der Waals surface area contributed by atoms with Crippen LogP contribution in [-0.2, 0) is 0 Å². The fraction of sp³-hybridized carbons (Fsp3) is 0.556. The van der Waals surface area contributed by atoms with E-state index in [-0.39, 0.29) is 11.7 Å². The van der Waals surface area contributed by atoms with Crippen molar-refractivity contribution in [3.05, 3.63) is 11.3 Å².